The number of halogens is 1. The second kappa shape index (κ2) is 5.26. The third-order valence-corrected chi connectivity index (χ3v) is 2.81. The molecule has 0 bridgehead atoms. The van der Waals surface area contributed by atoms with Gasteiger partial charge in [-0.3, -0.25) is 0 Å². The van der Waals surface area contributed by atoms with Crippen molar-refractivity contribution in [2.45, 2.75) is 39.0 Å². The largest absolute Gasteiger partial charge is 0.330 e. The molecule has 0 aromatic heterocycles. The predicted molar refractivity (Wildman–Crippen MR) is 62.6 cm³/mol. The fourth-order valence-corrected chi connectivity index (χ4v) is 1.73. The van der Waals surface area contributed by atoms with E-state index in [2.05, 4.69) is 6.92 Å². The van der Waals surface area contributed by atoms with Gasteiger partial charge in [0.15, 0.2) is 0 Å². The van der Waals surface area contributed by atoms with Crippen LogP contribution in [0.5, 0.6) is 0 Å². The molecule has 2 N–H and O–H groups in total. The summed E-state index contributed by atoms with van der Waals surface area (Å²) >= 11 is 0. The molecule has 1 aromatic rings. The van der Waals surface area contributed by atoms with Crippen LogP contribution in [-0.2, 0) is 0 Å². The molecule has 2 heteroatoms. The van der Waals surface area contributed by atoms with Crippen molar-refractivity contribution in [2.75, 3.05) is 6.54 Å². The van der Waals surface area contributed by atoms with E-state index in [0.717, 1.165) is 12.0 Å². The Kier molecular flexibility index (Phi) is 4.28. The molecular formula is C13H20FN. The van der Waals surface area contributed by atoms with Crippen molar-refractivity contribution in [1.29, 1.82) is 0 Å². The second-order valence-corrected chi connectivity index (χ2v) is 4.41. The zero-order valence-electron chi connectivity index (χ0n) is 9.76. The first-order valence-corrected chi connectivity index (χ1v) is 5.55. The molecule has 0 spiro atoms. The minimum atomic E-state index is -0.103. The summed E-state index contributed by atoms with van der Waals surface area (Å²) < 4.78 is 13.4. The minimum absolute atomic E-state index is 0.103. The average Bonchev–Trinajstić information content (AvgIpc) is 2.18. The summed E-state index contributed by atoms with van der Waals surface area (Å²) in [4.78, 5) is 0. The van der Waals surface area contributed by atoms with Crippen molar-refractivity contribution in [2.24, 2.45) is 5.73 Å². The maximum Gasteiger partial charge on any atom is 0.126 e. The van der Waals surface area contributed by atoms with Crippen LogP contribution in [0, 0.1) is 5.82 Å². The highest BCUT2D eigenvalue weighted by Crippen LogP contribution is 2.25. The normalized spacial score (nSPS) is 13.2. The minimum Gasteiger partial charge on any atom is -0.330 e. The molecule has 0 heterocycles. The molecule has 15 heavy (non-hydrogen) atoms. The van der Waals surface area contributed by atoms with Crippen molar-refractivity contribution in [3.05, 3.63) is 35.1 Å². The van der Waals surface area contributed by atoms with Gasteiger partial charge in [-0.1, -0.05) is 32.9 Å². The Morgan fingerprint density at radius 3 is 2.47 bits per heavy atom. The van der Waals surface area contributed by atoms with Crippen LogP contribution < -0.4 is 5.73 Å². The molecule has 0 amide bonds. The van der Waals surface area contributed by atoms with E-state index < -0.39 is 0 Å². The summed E-state index contributed by atoms with van der Waals surface area (Å²) in [5.41, 5.74) is 7.51. The zero-order chi connectivity index (χ0) is 11.4. The van der Waals surface area contributed by atoms with Gasteiger partial charge in [0.2, 0.25) is 0 Å². The van der Waals surface area contributed by atoms with Crippen molar-refractivity contribution in [1.82, 2.24) is 0 Å². The van der Waals surface area contributed by atoms with E-state index in [1.807, 2.05) is 26.0 Å². The molecule has 0 aliphatic heterocycles. The Morgan fingerprint density at radius 1 is 1.27 bits per heavy atom. The first-order chi connectivity index (χ1) is 7.06. The average molecular weight is 209 g/mol. The van der Waals surface area contributed by atoms with Gasteiger partial charge < -0.3 is 5.73 Å². The number of hydrogen-bond donors (Lipinski definition) is 1. The van der Waals surface area contributed by atoms with E-state index in [9.17, 15) is 4.39 Å². The molecule has 1 atom stereocenters. The molecule has 1 nitrogen and oxygen atoms in total. The van der Waals surface area contributed by atoms with E-state index in [4.69, 9.17) is 5.73 Å². The number of benzene rings is 1. The van der Waals surface area contributed by atoms with Gasteiger partial charge in [-0.25, -0.2) is 4.39 Å². The van der Waals surface area contributed by atoms with Gasteiger partial charge in [0.05, 0.1) is 0 Å². The van der Waals surface area contributed by atoms with Gasteiger partial charge in [0.25, 0.3) is 0 Å². The van der Waals surface area contributed by atoms with Crippen LogP contribution in [0.2, 0.25) is 0 Å². The van der Waals surface area contributed by atoms with Crippen LogP contribution in [0.25, 0.3) is 0 Å². The molecule has 84 valence electrons. The quantitative estimate of drug-likeness (QED) is 0.808. The Labute approximate surface area is 91.5 Å². The number of rotatable bonds is 4. The third kappa shape index (κ3) is 3.03. The molecule has 0 radical (unpaired) electrons. The van der Waals surface area contributed by atoms with Gasteiger partial charge in [-0.2, -0.15) is 0 Å². The highest BCUT2D eigenvalue weighted by Gasteiger charge is 2.10. The lowest BCUT2D eigenvalue weighted by atomic mass is 9.93. The standard InChI is InChI=1S/C13H20FN/c1-9(2)12-8-11(4-5-13(12)14)10(3)6-7-15/h4-5,8-10H,6-7,15H2,1-3H3. The topological polar surface area (TPSA) is 26.0 Å². The SMILES string of the molecule is CC(C)c1cc(C(C)CCN)ccc1F. The third-order valence-electron chi connectivity index (χ3n) is 2.81. The molecular weight excluding hydrogens is 189 g/mol. The maximum atomic E-state index is 13.4. The van der Waals surface area contributed by atoms with Gasteiger partial charge in [-0.15, -0.1) is 0 Å². The summed E-state index contributed by atoms with van der Waals surface area (Å²) in [6.07, 6.45) is 0.948. The molecule has 0 saturated carbocycles. The van der Waals surface area contributed by atoms with Crippen LogP contribution in [0.4, 0.5) is 4.39 Å². The molecule has 1 unspecified atom stereocenters. The van der Waals surface area contributed by atoms with Crippen LogP contribution >= 0.6 is 0 Å². The van der Waals surface area contributed by atoms with Crippen molar-refractivity contribution in [3.63, 3.8) is 0 Å². The fraction of sp³-hybridized carbons (Fsp3) is 0.538. The summed E-state index contributed by atoms with van der Waals surface area (Å²) in [6, 6.07) is 5.40. The predicted octanol–water partition coefficient (Wildman–Crippen LogP) is 3.40. The molecule has 1 aromatic carbocycles. The molecule has 0 aliphatic carbocycles. The lowest BCUT2D eigenvalue weighted by molar-refractivity contribution is 0.594. The maximum absolute atomic E-state index is 13.4. The summed E-state index contributed by atoms with van der Waals surface area (Å²) in [7, 11) is 0. The Bertz CT molecular complexity index is 320. The molecule has 0 aliphatic rings. The first-order valence-electron chi connectivity index (χ1n) is 5.55. The van der Waals surface area contributed by atoms with Crippen molar-refractivity contribution in [3.8, 4) is 0 Å². The number of nitrogens with two attached hydrogens (primary N) is 1. The zero-order valence-corrected chi connectivity index (χ0v) is 9.76. The van der Waals surface area contributed by atoms with Gasteiger partial charge in [0, 0.05) is 0 Å². The monoisotopic (exact) mass is 209 g/mol. The highest BCUT2D eigenvalue weighted by molar-refractivity contribution is 5.29. The van der Waals surface area contributed by atoms with Crippen molar-refractivity contribution >= 4 is 0 Å². The van der Waals surface area contributed by atoms with Gasteiger partial charge in [-0.05, 0) is 42.0 Å². The van der Waals surface area contributed by atoms with E-state index in [0.29, 0.717) is 12.5 Å². The summed E-state index contributed by atoms with van der Waals surface area (Å²) in [6.45, 7) is 6.82. The first kappa shape index (κ1) is 12.2. The number of hydrogen-bond acceptors (Lipinski definition) is 1. The Morgan fingerprint density at radius 2 is 1.93 bits per heavy atom. The van der Waals surface area contributed by atoms with Crippen LogP contribution in [-0.4, -0.2) is 6.54 Å². The molecule has 0 saturated heterocycles. The smallest absolute Gasteiger partial charge is 0.126 e. The lowest BCUT2D eigenvalue weighted by Crippen LogP contribution is -2.05. The van der Waals surface area contributed by atoms with Crippen molar-refractivity contribution < 1.29 is 4.39 Å². The van der Waals surface area contributed by atoms with E-state index in [-0.39, 0.29) is 11.7 Å². The van der Waals surface area contributed by atoms with E-state index in [1.54, 1.807) is 6.07 Å². The lowest BCUT2D eigenvalue weighted by Gasteiger charge is -2.14. The van der Waals surface area contributed by atoms with Crippen LogP contribution in [0.1, 0.15) is 50.2 Å². The summed E-state index contributed by atoms with van der Waals surface area (Å²) in [5, 5.41) is 0. The molecule has 0 fully saturated rings. The van der Waals surface area contributed by atoms with Gasteiger partial charge in [0.1, 0.15) is 5.82 Å². The van der Waals surface area contributed by atoms with E-state index >= 15 is 0 Å². The van der Waals surface area contributed by atoms with Crippen LogP contribution in [0.3, 0.4) is 0 Å². The fourth-order valence-electron chi connectivity index (χ4n) is 1.73. The summed E-state index contributed by atoms with van der Waals surface area (Å²) in [5.74, 6) is 0.539. The Balaban J connectivity index is 2.96. The highest BCUT2D eigenvalue weighted by atomic mass is 19.1. The van der Waals surface area contributed by atoms with Gasteiger partial charge >= 0.3 is 0 Å². The Hall–Kier alpha value is -0.890. The van der Waals surface area contributed by atoms with Crippen LogP contribution in [0.15, 0.2) is 18.2 Å². The van der Waals surface area contributed by atoms with E-state index in [1.165, 1.54) is 5.56 Å². The molecule has 1 rings (SSSR count). The second-order valence-electron chi connectivity index (χ2n) is 4.41.